The van der Waals surface area contributed by atoms with Gasteiger partial charge in [-0.3, -0.25) is 0 Å². The number of pyridine rings is 1. The van der Waals surface area contributed by atoms with Gasteiger partial charge in [-0.25, -0.2) is 4.98 Å². The number of nitrogens with one attached hydrogen (secondary N) is 1. The van der Waals surface area contributed by atoms with Crippen molar-refractivity contribution in [3.63, 3.8) is 0 Å². The first kappa shape index (κ1) is 11.4. The second-order valence-corrected chi connectivity index (χ2v) is 3.94. The fraction of sp³-hybridized carbons (Fsp3) is 0.500. The van der Waals surface area contributed by atoms with Crippen LogP contribution < -0.4 is 11.1 Å². The molecule has 0 aromatic carbocycles. The second-order valence-electron chi connectivity index (χ2n) is 3.56. The van der Waals surface area contributed by atoms with Gasteiger partial charge in [-0.2, -0.15) is 0 Å². The summed E-state index contributed by atoms with van der Waals surface area (Å²) in [5.41, 5.74) is 6.23. The van der Waals surface area contributed by atoms with Crippen LogP contribution in [0.3, 0.4) is 0 Å². The van der Waals surface area contributed by atoms with Crippen LogP contribution >= 0.6 is 11.6 Å². The molecule has 0 spiro atoms. The monoisotopic (exact) mass is 243 g/mol. The molecule has 1 unspecified atom stereocenters. The summed E-state index contributed by atoms with van der Waals surface area (Å²) in [5, 5.41) is 3.49. The molecule has 16 heavy (non-hydrogen) atoms. The quantitative estimate of drug-likeness (QED) is 0.780. The fourth-order valence-electron chi connectivity index (χ4n) is 1.48. The number of anilines is 2. The summed E-state index contributed by atoms with van der Waals surface area (Å²) in [5.74, 6) is 0.652. The zero-order valence-corrected chi connectivity index (χ0v) is 9.54. The molecule has 88 valence electrons. The molecule has 2 rings (SSSR count). The SMILES string of the molecule is Nc1cc(Cl)nc(NCC2COCCO2)c1. The Bertz CT molecular complexity index is 336. The van der Waals surface area contributed by atoms with Crippen molar-refractivity contribution < 1.29 is 9.47 Å². The van der Waals surface area contributed by atoms with E-state index in [9.17, 15) is 0 Å². The maximum Gasteiger partial charge on any atom is 0.133 e. The summed E-state index contributed by atoms with van der Waals surface area (Å²) in [7, 11) is 0. The number of hydrogen-bond acceptors (Lipinski definition) is 5. The highest BCUT2D eigenvalue weighted by atomic mass is 35.5. The van der Waals surface area contributed by atoms with Crippen LogP contribution in [0.1, 0.15) is 0 Å². The maximum absolute atomic E-state index is 5.78. The van der Waals surface area contributed by atoms with Crippen molar-refractivity contribution in [2.24, 2.45) is 0 Å². The first-order chi connectivity index (χ1) is 7.74. The van der Waals surface area contributed by atoms with E-state index < -0.39 is 0 Å². The van der Waals surface area contributed by atoms with Gasteiger partial charge >= 0.3 is 0 Å². The van der Waals surface area contributed by atoms with Gasteiger partial charge in [-0.1, -0.05) is 11.6 Å². The molecule has 1 aliphatic rings. The van der Waals surface area contributed by atoms with Crippen LogP contribution in [0.2, 0.25) is 5.15 Å². The van der Waals surface area contributed by atoms with Crippen molar-refractivity contribution in [1.29, 1.82) is 0 Å². The topological polar surface area (TPSA) is 69.4 Å². The van der Waals surface area contributed by atoms with Gasteiger partial charge in [0.2, 0.25) is 0 Å². The van der Waals surface area contributed by atoms with E-state index in [0.29, 0.717) is 43.0 Å². The highest BCUT2D eigenvalue weighted by molar-refractivity contribution is 6.29. The van der Waals surface area contributed by atoms with E-state index >= 15 is 0 Å². The van der Waals surface area contributed by atoms with Crippen LogP contribution in [0.4, 0.5) is 11.5 Å². The molecule has 0 aliphatic carbocycles. The molecule has 0 radical (unpaired) electrons. The third-order valence-corrected chi connectivity index (χ3v) is 2.41. The average molecular weight is 244 g/mol. The highest BCUT2D eigenvalue weighted by Crippen LogP contribution is 2.16. The third-order valence-electron chi connectivity index (χ3n) is 2.21. The molecular weight excluding hydrogens is 230 g/mol. The van der Waals surface area contributed by atoms with Gasteiger partial charge < -0.3 is 20.5 Å². The average Bonchev–Trinajstić information content (AvgIpc) is 2.27. The predicted octanol–water partition coefficient (Wildman–Crippen LogP) is 1.14. The molecule has 1 fully saturated rings. The van der Waals surface area contributed by atoms with Crippen molar-refractivity contribution in [3.8, 4) is 0 Å². The van der Waals surface area contributed by atoms with Crippen molar-refractivity contribution in [2.75, 3.05) is 37.4 Å². The van der Waals surface area contributed by atoms with E-state index in [-0.39, 0.29) is 6.10 Å². The number of halogens is 1. The van der Waals surface area contributed by atoms with Crippen LogP contribution in [-0.2, 0) is 9.47 Å². The normalized spacial score (nSPS) is 20.7. The number of aromatic nitrogens is 1. The number of nitrogen functional groups attached to an aromatic ring is 1. The molecule has 0 bridgehead atoms. The molecule has 0 saturated carbocycles. The van der Waals surface area contributed by atoms with E-state index in [1.54, 1.807) is 12.1 Å². The van der Waals surface area contributed by atoms with Gasteiger partial charge in [0.15, 0.2) is 0 Å². The second kappa shape index (κ2) is 5.34. The molecule has 0 amide bonds. The number of rotatable bonds is 3. The van der Waals surface area contributed by atoms with Crippen LogP contribution in [0.5, 0.6) is 0 Å². The standard InChI is InChI=1S/C10H14ClN3O2/c11-9-3-7(12)4-10(14-9)13-5-8-6-15-1-2-16-8/h3-4,8H,1-2,5-6H2,(H3,12,13,14). The Morgan fingerprint density at radius 2 is 2.38 bits per heavy atom. The largest absolute Gasteiger partial charge is 0.399 e. The van der Waals surface area contributed by atoms with Crippen LogP contribution in [0.15, 0.2) is 12.1 Å². The molecule has 1 atom stereocenters. The molecule has 3 N–H and O–H groups in total. The number of ether oxygens (including phenoxy) is 2. The Morgan fingerprint density at radius 1 is 1.50 bits per heavy atom. The van der Waals surface area contributed by atoms with Gasteiger partial charge in [0.25, 0.3) is 0 Å². The van der Waals surface area contributed by atoms with E-state index in [1.165, 1.54) is 0 Å². The van der Waals surface area contributed by atoms with Crippen LogP contribution in [0, 0.1) is 0 Å². The summed E-state index contributed by atoms with van der Waals surface area (Å²) in [4.78, 5) is 4.10. The van der Waals surface area contributed by atoms with Gasteiger partial charge in [0.05, 0.1) is 25.9 Å². The van der Waals surface area contributed by atoms with Gasteiger partial charge in [0.1, 0.15) is 11.0 Å². The molecule has 1 saturated heterocycles. The molecule has 1 aromatic rings. The van der Waals surface area contributed by atoms with E-state index in [0.717, 1.165) is 0 Å². The summed E-state index contributed by atoms with van der Waals surface area (Å²) in [6.07, 6.45) is 0.0516. The van der Waals surface area contributed by atoms with Crippen molar-refractivity contribution in [1.82, 2.24) is 4.98 Å². The molecule has 6 heteroatoms. The molecule has 2 heterocycles. The van der Waals surface area contributed by atoms with Crippen LogP contribution in [-0.4, -0.2) is 37.5 Å². The minimum atomic E-state index is 0.0516. The van der Waals surface area contributed by atoms with E-state index in [2.05, 4.69) is 10.3 Å². The first-order valence-electron chi connectivity index (χ1n) is 5.10. The Morgan fingerprint density at radius 3 is 3.06 bits per heavy atom. The number of nitrogens with two attached hydrogens (primary N) is 1. The van der Waals surface area contributed by atoms with Gasteiger partial charge in [-0.15, -0.1) is 0 Å². The Hall–Kier alpha value is -1.04. The first-order valence-corrected chi connectivity index (χ1v) is 5.48. The van der Waals surface area contributed by atoms with E-state index in [4.69, 9.17) is 26.8 Å². The summed E-state index contributed by atoms with van der Waals surface area (Å²) >= 11 is 5.78. The van der Waals surface area contributed by atoms with Gasteiger partial charge in [0, 0.05) is 18.3 Å². The number of hydrogen-bond donors (Lipinski definition) is 2. The van der Waals surface area contributed by atoms with Crippen molar-refractivity contribution in [3.05, 3.63) is 17.3 Å². The Labute approximate surface area is 98.9 Å². The fourth-order valence-corrected chi connectivity index (χ4v) is 1.70. The molecule has 1 aliphatic heterocycles. The zero-order chi connectivity index (χ0) is 11.4. The molecule has 1 aromatic heterocycles. The zero-order valence-electron chi connectivity index (χ0n) is 8.78. The molecule has 5 nitrogen and oxygen atoms in total. The van der Waals surface area contributed by atoms with Crippen LogP contribution in [0.25, 0.3) is 0 Å². The van der Waals surface area contributed by atoms with Crippen molar-refractivity contribution in [2.45, 2.75) is 6.10 Å². The number of nitrogens with zero attached hydrogens (tertiary/aromatic N) is 1. The van der Waals surface area contributed by atoms with E-state index in [1.807, 2.05) is 0 Å². The summed E-state index contributed by atoms with van der Waals surface area (Å²) in [6.45, 7) is 2.53. The summed E-state index contributed by atoms with van der Waals surface area (Å²) < 4.78 is 10.8. The lowest BCUT2D eigenvalue weighted by molar-refractivity contribution is -0.0819. The smallest absolute Gasteiger partial charge is 0.133 e. The Kier molecular flexibility index (Phi) is 3.82. The third kappa shape index (κ3) is 3.23. The predicted molar refractivity (Wildman–Crippen MR) is 62.7 cm³/mol. The minimum absolute atomic E-state index is 0.0516. The minimum Gasteiger partial charge on any atom is -0.399 e. The van der Waals surface area contributed by atoms with Gasteiger partial charge in [-0.05, 0) is 6.07 Å². The Balaban J connectivity index is 1.88. The maximum atomic E-state index is 5.78. The van der Waals surface area contributed by atoms with Crippen molar-refractivity contribution >= 4 is 23.1 Å². The highest BCUT2D eigenvalue weighted by Gasteiger charge is 2.14. The summed E-state index contributed by atoms with van der Waals surface area (Å²) in [6, 6.07) is 3.34. The lowest BCUT2D eigenvalue weighted by Gasteiger charge is -2.23. The lowest BCUT2D eigenvalue weighted by atomic mass is 10.3. The lowest BCUT2D eigenvalue weighted by Crippen LogP contribution is -2.34. The molecular formula is C10H14ClN3O2.